The SMILES string of the molecule is Cn1ccc2c(C3CCCCN3C(=O)OC(C)(C)C)cc(Cl)nc21. The average Bonchev–Trinajstić information content (AvgIpc) is 2.86. The quantitative estimate of drug-likeness (QED) is 0.702. The first-order valence-corrected chi connectivity index (χ1v) is 8.75. The molecule has 1 fully saturated rings. The van der Waals surface area contributed by atoms with E-state index in [1.54, 1.807) is 0 Å². The number of fused-ring (bicyclic) bond motifs is 1. The van der Waals surface area contributed by atoms with Crippen molar-refractivity contribution in [3.63, 3.8) is 0 Å². The first-order chi connectivity index (χ1) is 11.3. The molecule has 2 aromatic heterocycles. The predicted molar refractivity (Wildman–Crippen MR) is 95.3 cm³/mol. The Morgan fingerprint density at radius 1 is 1.38 bits per heavy atom. The Balaban J connectivity index is 2.01. The van der Waals surface area contributed by atoms with E-state index < -0.39 is 5.60 Å². The van der Waals surface area contributed by atoms with Crippen molar-refractivity contribution in [2.24, 2.45) is 7.05 Å². The summed E-state index contributed by atoms with van der Waals surface area (Å²) in [7, 11) is 1.95. The summed E-state index contributed by atoms with van der Waals surface area (Å²) in [6, 6.07) is 3.90. The molecule has 1 saturated heterocycles. The zero-order valence-electron chi connectivity index (χ0n) is 14.7. The summed E-state index contributed by atoms with van der Waals surface area (Å²) >= 11 is 6.25. The molecule has 3 heterocycles. The number of hydrogen-bond acceptors (Lipinski definition) is 3. The Bertz CT molecular complexity index is 763. The lowest BCUT2D eigenvalue weighted by Crippen LogP contribution is -2.41. The molecule has 2 aromatic rings. The van der Waals surface area contributed by atoms with Crippen molar-refractivity contribution >= 4 is 28.7 Å². The number of carbonyl (C=O) groups excluding carboxylic acids is 1. The minimum Gasteiger partial charge on any atom is -0.444 e. The van der Waals surface area contributed by atoms with Crippen LogP contribution < -0.4 is 0 Å². The highest BCUT2D eigenvalue weighted by Crippen LogP contribution is 2.36. The third-order valence-electron chi connectivity index (χ3n) is 4.33. The largest absolute Gasteiger partial charge is 0.444 e. The van der Waals surface area contributed by atoms with Crippen molar-refractivity contribution in [2.75, 3.05) is 6.54 Å². The van der Waals surface area contributed by atoms with Gasteiger partial charge in [-0.25, -0.2) is 9.78 Å². The van der Waals surface area contributed by atoms with Crippen LogP contribution >= 0.6 is 11.6 Å². The zero-order valence-corrected chi connectivity index (χ0v) is 15.4. The Labute approximate surface area is 147 Å². The molecule has 1 amide bonds. The van der Waals surface area contributed by atoms with E-state index in [1.807, 2.05) is 55.6 Å². The van der Waals surface area contributed by atoms with Crippen LogP contribution in [0, 0.1) is 0 Å². The molecule has 3 rings (SSSR count). The second kappa shape index (κ2) is 6.28. The van der Waals surface area contributed by atoms with Gasteiger partial charge in [-0.05, 0) is 57.7 Å². The van der Waals surface area contributed by atoms with Gasteiger partial charge in [0.05, 0.1) is 6.04 Å². The van der Waals surface area contributed by atoms with Gasteiger partial charge in [0.25, 0.3) is 0 Å². The van der Waals surface area contributed by atoms with E-state index in [0.717, 1.165) is 35.9 Å². The highest BCUT2D eigenvalue weighted by molar-refractivity contribution is 6.29. The topological polar surface area (TPSA) is 47.4 Å². The fourth-order valence-electron chi connectivity index (χ4n) is 3.30. The number of pyridine rings is 1. The Morgan fingerprint density at radius 3 is 2.83 bits per heavy atom. The fourth-order valence-corrected chi connectivity index (χ4v) is 3.49. The van der Waals surface area contributed by atoms with Crippen LogP contribution in [0.5, 0.6) is 0 Å². The van der Waals surface area contributed by atoms with Gasteiger partial charge in [0.2, 0.25) is 0 Å². The van der Waals surface area contributed by atoms with Gasteiger partial charge in [0, 0.05) is 25.2 Å². The Kier molecular flexibility index (Phi) is 4.47. The number of carbonyl (C=O) groups is 1. The molecule has 1 aliphatic rings. The smallest absolute Gasteiger partial charge is 0.410 e. The molecule has 5 nitrogen and oxygen atoms in total. The van der Waals surface area contributed by atoms with Gasteiger partial charge in [-0.1, -0.05) is 11.6 Å². The van der Waals surface area contributed by atoms with E-state index >= 15 is 0 Å². The number of aromatic nitrogens is 2. The second-order valence-corrected chi connectivity index (χ2v) is 7.77. The second-order valence-electron chi connectivity index (χ2n) is 7.38. The number of nitrogens with zero attached hydrogens (tertiary/aromatic N) is 3. The van der Waals surface area contributed by atoms with Crippen molar-refractivity contribution in [1.82, 2.24) is 14.5 Å². The number of hydrogen-bond donors (Lipinski definition) is 0. The molecular weight excluding hydrogens is 326 g/mol. The molecule has 1 atom stereocenters. The Morgan fingerprint density at radius 2 is 2.12 bits per heavy atom. The maximum Gasteiger partial charge on any atom is 0.410 e. The molecule has 0 radical (unpaired) electrons. The van der Waals surface area contributed by atoms with Crippen molar-refractivity contribution in [3.05, 3.63) is 29.0 Å². The molecule has 0 aromatic carbocycles. The number of piperidine rings is 1. The van der Waals surface area contributed by atoms with E-state index in [1.165, 1.54) is 0 Å². The number of halogens is 1. The zero-order chi connectivity index (χ0) is 17.5. The summed E-state index contributed by atoms with van der Waals surface area (Å²) in [5.41, 5.74) is 1.39. The van der Waals surface area contributed by atoms with Gasteiger partial charge in [0.15, 0.2) is 0 Å². The fraction of sp³-hybridized carbons (Fsp3) is 0.556. The molecule has 0 N–H and O–H groups in total. The lowest BCUT2D eigenvalue weighted by Gasteiger charge is -2.37. The van der Waals surface area contributed by atoms with Crippen LogP contribution in [-0.2, 0) is 11.8 Å². The highest BCUT2D eigenvalue weighted by atomic mass is 35.5. The Hall–Kier alpha value is -1.75. The minimum absolute atomic E-state index is 0.0287. The van der Waals surface area contributed by atoms with E-state index in [9.17, 15) is 4.79 Å². The normalized spacial score (nSPS) is 18.9. The van der Waals surface area contributed by atoms with Gasteiger partial charge in [-0.2, -0.15) is 0 Å². The number of rotatable bonds is 1. The number of aryl methyl sites for hydroxylation is 1. The van der Waals surface area contributed by atoms with Crippen LogP contribution in [0.4, 0.5) is 4.79 Å². The van der Waals surface area contributed by atoms with E-state index in [0.29, 0.717) is 11.7 Å². The molecule has 0 bridgehead atoms. The van der Waals surface area contributed by atoms with E-state index in [2.05, 4.69) is 4.98 Å². The van der Waals surface area contributed by atoms with Gasteiger partial charge >= 0.3 is 6.09 Å². The molecule has 130 valence electrons. The molecule has 0 spiro atoms. The predicted octanol–water partition coefficient (Wildman–Crippen LogP) is 4.69. The summed E-state index contributed by atoms with van der Waals surface area (Å²) in [5.74, 6) is 0. The van der Waals surface area contributed by atoms with Crippen LogP contribution in [-0.4, -0.2) is 32.7 Å². The minimum atomic E-state index is -0.503. The number of ether oxygens (including phenoxy) is 1. The van der Waals surface area contributed by atoms with Gasteiger partial charge in [0.1, 0.15) is 16.4 Å². The van der Waals surface area contributed by atoms with Crippen LogP contribution in [0.25, 0.3) is 11.0 Å². The monoisotopic (exact) mass is 349 g/mol. The summed E-state index contributed by atoms with van der Waals surface area (Å²) < 4.78 is 7.56. The first-order valence-electron chi connectivity index (χ1n) is 8.37. The molecule has 1 aliphatic heterocycles. The first kappa shape index (κ1) is 17.1. The molecule has 6 heteroatoms. The average molecular weight is 350 g/mol. The van der Waals surface area contributed by atoms with Gasteiger partial charge in [-0.15, -0.1) is 0 Å². The summed E-state index contributed by atoms with van der Waals surface area (Å²) in [4.78, 5) is 18.9. The van der Waals surface area contributed by atoms with Gasteiger partial charge in [-0.3, -0.25) is 0 Å². The lowest BCUT2D eigenvalue weighted by molar-refractivity contribution is 0.00968. The third kappa shape index (κ3) is 3.36. The maximum absolute atomic E-state index is 12.7. The van der Waals surface area contributed by atoms with E-state index in [4.69, 9.17) is 16.3 Å². The summed E-state index contributed by atoms with van der Waals surface area (Å²) in [5, 5.41) is 1.50. The maximum atomic E-state index is 12.7. The van der Waals surface area contributed by atoms with E-state index in [-0.39, 0.29) is 12.1 Å². The lowest BCUT2D eigenvalue weighted by atomic mass is 9.94. The molecule has 24 heavy (non-hydrogen) atoms. The van der Waals surface area contributed by atoms with Crippen molar-refractivity contribution in [1.29, 1.82) is 0 Å². The van der Waals surface area contributed by atoms with Gasteiger partial charge < -0.3 is 14.2 Å². The van der Waals surface area contributed by atoms with Crippen LogP contribution in [0.1, 0.15) is 51.6 Å². The standard InChI is InChI=1S/C18H24ClN3O2/c1-18(2,3)24-17(23)22-9-6-5-7-14(22)13-11-15(19)20-16-12(13)8-10-21(16)4/h8,10-11,14H,5-7,9H2,1-4H3. The molecule has 0 saturated carbocycles. The summed E-state index contributed by atoms with van der Waals surface area (Å²) in [6.45, 7) is 6.38. The van der Waals surface area contributed by atoms with Crippen LogP contribution in [0.2, 0.25) is 5.15 Å². The van der Waals surface area contributed by atoms with Crippen LogP contribution in [0.15, 0.2) is 18.3 Å². The van der Waals surface area contributed by atoms with Crippen molar-refractivity contribution < 1.29 is 9.53 Å². The van der Waals surface area contributed by atoms with Crippen molar-refractivity contribution in [3.8, 4) is 0 Å². The van der Waals surface area contributed by atoms with Crippen LogP contribution in [0.3, 0.4) is 0 Å². The molecular formula is C18H24ClN3O2. The summed E-state index contributed by atoms with van der Waals surface area (Å²) in [6.07, 6.45) is 4.69. The highest BCUT2D eigenvalue weighted by Gasteiger charge is 2.32. The number of amides is 1. The third-order valence-corrected chi connectivity index (χ3v) is 4.52. The molecule has 0 aliphatic carbocycles. The number of likely N-dealkylation sites (tertiary alicyclic amines) is 1. The van der Waals surface area contributed by atoms with Crippen molar-refractivity contribution in [2.45, 2.75) is 51.7 Å². The molecule has 1 unspecified atom stereocenters.